The molecule has 0 radical (unpaired) electrons. The minimum absolute atomic E-state index is 0.226. The van der Waals surface area contributed by atoms with Gasteiger partial charge >= 0.3 is 5.97 Å². The number of rotatable bonds is 5. The van der Waals surface area contributed by atoms with E-state index in [1.54, 1.807) is 0 Å². The van der Waals surface area contributed by atoms with Crippen LogP contribution in [0, 0.1) is 0 Å². The Bertz CT molecular complexity index is 376. The first-order valence-corrected chi connectivity index (χ1v) is 5.73. The van der Waals surface area contributed by atoms with Gasteiger partial charge in [-0.05, 0) is 13.8 Å². The Labute approximate surface area is 98.7 Å². The second kappa shape index (κ2) is 5.27. The third-order valence-electron chi connectivity index (χ3n) is 2.24. The standard InChI is InChI=1S/C10H16N2O3S/c1-6(2)12(3)10-11-7(5-15-4)8(16-10)9(13)14/h6H,5H2,1-4H3,(H,13,14). The maximum Gasteiger partial charge on any atom is 0.347 e. The number of carbonyl (C=O) groups is 1. The van der Waals surface area contributed by atoms with Gasteiger partial charge in [0.1, 0.15) is 4.88 Å². The number of hydrogen-bond acceptors (Lipinski definition) is 5. The minimum atomic E-state index is -0.951. The predicted molar refractivity (Wildman–Crippen MR) is 63.3 cm³/mol. The highest BCUT2D eigenvalue weighted by Gasteiger charge is 2.19. The SMILES string of the molecule is COCc1nc(N(C)C(C)C)sc1C(=O)O. The Hall–Kier alpha value is -1.14. The fourth-order valence-electron chi connectivity index (χ4n) is 1.11. The molecule has 90 valence electrons. The Morgan fingerprint density at radius 1 is 1.62 bits per heavy atom. The summed E-state index contributed by atoms with van der Waals surface area (Å²) in [5.74, 6) is -0.951. The highest BCUT2D eigenvalue weighted by Crippen LogP contribution is 2.27. The van der Waals surface area contributed by atoms with Crippen LogP contribution < -0.4 is 4.90 Å². The Morgan fingerprint density at radius 3 is 2.69 bits per heavy atom. The molecule has 0 fully saturated rings. The highest BCUT2D eigenvalue weighted by molar-refractivity contribution is 7.17. The first-order valence-electron chi connectivity index (χ1n) is 4.92. The molecule has 0 aliphatic rings. The van der Waals surface area contributed by atoms with Crippen molar-refractivity contribution in [3.05, 3.63) is 10.6 Å². The molecule has 0 aromatic carbocycles. The molecule has 0 aliphatic carbocycles. The van der Waals surface area contributed by atoms with Crippen LogP contribution in [-0.2, 0) is 11.3 Å². The molecule has 0 spiro atoms. The molecule has 6 heteroatoms. The van der Waals surface area contributed by atoms with E-state index >= 15 is 0 Å². The van der Waals surface area contributed by atoms with Crippen molar-refractivity contribution < 1.29 is 14.6 Å². The molecule has 1 N–H and O–H groups in total. The summed E-state index contributed by atoms with van der Waals surface area (Å²) < 4.78 is 4.93. The summed E-state index contributed by atoms with van der Waals surface area (Å²) in [7, 11) is 3.42. The monoisotopic (exact) mass is 244 g/mol. The topological polar surface area (TPSA) is 62.7 Å². The van der Waals surface area contributed by atoms with Gasteiger partial charge in [-0.3, -0.25) is 0 Å². The predicted octanol–water partition coefficient (Wildman–Crippen LogP) is 1.83. The molecule has 1 rings (SSSR count). The number of methoxy groups -OCH3 is 1. The van der Waals surface area contributed by atoms with E-state index in [0.717, 1.165) is 0 Å². The van der Waals surface area contributed by atoms with Crippen LogP contribution in [0.15, 0.2) is 0 Å². The van der Waals surface area contributed by atoms with Gasteiger partial charge in [0.05, 0.1) is 12.3 Å². The zero-order chi connectivity index (χ0) is 12.3. The van der Waals surface area contributed by atoms with Crippen molar-refractivity contribution in [1.82, 2.24) is 4.98 Å². The maximum absolute atomic E-state index is 11.0. The molecule has 0 atom stereocenters. The average Bonchev–Trinajstić information content (AvgIpc) is 2.61. The normalized spacial score (nSPS) is 10.8. The van der Waals surface area contributed by atoms with Crippen LogP contribution >= 0.6 is 11.3 Å². The fraction of sp³-hybridized carbons (Fsp3) is 0.600. The van der Waals surface area contributed by atoms with Crippen LogP contribution in [0.3, 0.4) is 0 Å². The molecular weight excluding hydrogens is 228 g/mol. The van der Waals surface area contributed by atoms with Crippen molar-refractivity contribution in [1.29, 1.82) is 0 Å². The third kappa shape index (κ3) is 2.70. The number of aromatic carboxylic acids is 1. The van der Waals surface area contributed by atoms with Gasteiger partial charge < -0.3 is 14.7 Å². The third-order valence-corrected chi connectivity index (χ3v) is 3.41. The summed E-state index contributed by atoms with van der Waals surface area (Å²) in [4.78, 5) is 17.5. The van der Waals surface area contributed by atoms with E-state index in [0.29, 0.717) is 10.8 Å². The molecule has 0 bridgehead atoms. The Balaban J connectivity index is 3.05. The van der Waals surface area contributed by atoms with Gasteiger partial charge in [0.15, 0.2) is 5.13 Å². The van der Waals surface area contributed by atoms with E-state index in [1.807, 2.05) is 25.8 Å². The number of aromatic nitrogens is 1. The molecule has 1 aromatic rings. The number of hydrogen-bond donors (Lipinski definition) is 1. The number of carboxylic acid groups (broad SMARTS) is 1. The van der Waals surface area contributed by atoms with Crippen LogP contribution in [0.1, 0.15) is 29.2 Å². The molecule has 16 heavy (non-hydrogen) atoms. The Kier molecular flexibility index (Phi) is 4.26. The van der Waals surface area contributed by atoms with Crippen molar-refractivity contribution in [2.24, 2.45) is 0 Å². The largest absolute Gasteiger partial charge is 0.477 e. The van der Waals surface area contributed by atoms with Crippen LogP contribution in [0.4, 0.5) is 5.13 Å². The van der Waals surface area contributed by atoms with E-state index < -0.39 is 5.97 Å². The first kappa shape index (κ1) is 12.9. The zero-order valence-corrected chi connectivity index (χ0v) is 10.7. The molecule has 5 nitrogen and oxygen atoms in total. The van der Waals surface area contributed by atoms with Crippen LogP contribution in [0.25, 0.3) is 0 Å². The second-order valence-electron chi connectivity index (χ2n) is 3.72. The molecule has 0 saturated carbocycles. The molecule has 1 aromatic heterocycles. The smallest absolute Gasteiger partial charge is 0.347 e. The second-order valence-corrected chi connectivity index (χ2v) is 4.69. The summed E-state index contributed by atoms with van der Waals surface area (Å²) in [6, 6.07) is 0.281. The van der Waals surface area contributed by atoms with E-state index in [2.05, 4.69) is 4.98 Å². The zero-order valence-electron chi connectivity index (χ0n) is 9.85. The summed E-state index contributed by atoms with van der Waals surface area (Å²) in [5, 5.41) is 9.73. The van der Waals surface area contributed by atoms with Gasteiger partial charge in [0, 0.05) is 20.2 Å². The lowest BCUT2D eigenvalue weighted by Crippen LogP contribution is -2.25. The van der Waals surface area contributed by atoms with Crippen molar-refractivity contribution >= 4 is 22.4 Å². The summed E-state index contributed by atoms with van der Waals surface area (Å²) in [6.07, 6.45) is 0. The van der Waals surface area contributed by atoms with Gasteiger partial charge in [-0.2, -0.15) is 0 Å². The van der Waals surface area contributed by atoms with Crippen molar-refractivity contribution in [3.8, 4) is 0 Å². The van der Waals surface area contributed by atoms with Gasteiger partial charge in [-0.25, -0.2) is 9.78 Å². The summed E-state index contributed by atoms with van der Waals surface area (Å²) in [6.45, 7) is 4.28. The van der Waals surface area contributed by atoms with Crippen LogP contribution in [0.2, 0.25) is 0 Å². The van der Waals surface area contributed by atoms with Gasteiger partial charge in [-0.15, -0.1) is 0 Å². The fourth-order valence-corrected chi connectivity index (χ4v) is 2.12. The maximum atomic E-state index is 11.0. The quantitative estimate of drug-likeness (QED) is 0.856. The molecule has 0 amide bonds. The lowest BCUT2D eigenvalue weighted by atomic mass is 10.3. The van der Waals surface area contributed by atoms with Gasteiger partial charge in [0.25, 0.3) is 0 Å². The van der Waals surface area contributed by atoms with Gasteiger partial charge in [-0.1, -0.05) is 11.3 Å². The lowest BCUT2D eigenvalue weighted by molar-refractivity contribution is 0.0697. The number of nitrogens with zero attached hydrogens (tertiary/aromatic N) is 2. The molecule has 0 unspecified atom stereocenters. The average molecular weight is 244 g/mol. The summed E-state index contributed by atoms with van der Waals surface area (Å²) in [5.41, 5.74) is 0.488. The molecule has 0 saturated heterocycles. The minimum Gasteiger partial charge on any atom is -0.477 e. The van der Waals surface area contributed by atoms with E-state index in [-0.39, 0.29) is 17.5 Å². The number of carboxylic acids is 1. The molecular formula is C10H16N2O3S. The van der Waals surface area contributed by atoms with Crippen molar-refractivity contribution in [3.63, 3.8) is 0 Å². The van der Waals surface area contributed by atoms with E-state index in [1.165, 1.54) is 18.4 Å². The first-order chi connectivity index (χ1) is 7.47. The van der Waals surface area contributed by atoms with E-state index in [9.17, 15) is 4.79 Å². The number of thiazole rings is 1. The van der Waals surface area contributed by atoms with Crippen molar-refractivity contribution in [2.75, 3.05) is 19.1 Å². The molecule has 0 aliphatic heterocycles. The van der Waals surface area contributed by atoms with Crippen LogP contribution in [-0.4, -0.2) is 36.3 Å². The number of anilines is 1. The lowest BCUT2D eigenvalue weighted by Gasteiger charge is -2.19. The number of ether oxygens (including phenoxy) is 1. The Morgan fingerprint density at radius 2 is 2.25 bits per heavy atom. The van der Waals surface area contributed by atoms with E-state index in [4.69, 9.17) is 9.84 Å². The summed E-state index contributed by atoms with van der Waals surface area (Å²) >= 11 is 1.18. The van der Waals surface area contributed by atoms with Crippen LogP contribution in [0.5, 0.6) is 0 Å². The molecule has 1 heterocycles. The van der Waals surface area contributed by atoms with Crippen molar-refractivity contribution in [2.45, 2.75) is 26.5 Å². The van der Waals surface area contributed by atoms with Gasteiger partial charge in [0.2, 0.25) is 0 Å². The highest BCUT2D eigenvalue weighted by atomic mass is 32.1.